The SMILES string of the molecule is Cc1cc([N+](=O)[O-])nn1Cc1csc(C(=O)N(Cc2ccccc2)c2ccccc2)c1. The molecule has 1 amide bonds. The van der Waals surface area contributed by atoms with Gasteiger partial charge in [0.1, 0.15) is 0 Å². The summed E-state index contributed by atoms with van der Waals surface area (Å²) in [5.74, 6) is -0.267. The fraction of sp³-hybridized carbons (Fsp3) is 0.130. The van der Waals surface area contributed by atoms with Crippen LogP contribution in [0.2, 0.25) is 0 Å². The number of aryl methyl sites for hydroxylation is 1. The van der Waals surface area contributed by atoms with Crippen molar-refractivity contribution in [2.24, 2.45) is 0 Å². The number of anilines is 1. The molecule has 4 rings (SSSR count). The highest BCUT2D eigenvalue weighted by atomic mass is 32.1. The van der Waals surface area contributed by atoms with Gasteiger partial charge in [-0.15, -0.1) is 11.3 Å². The Bertz CT molecular complexity index is 1200. The van der Waals surface area contributed by atoms with Crippen LogP contribution in [0.15, 0.2) is 78.2 Å². The monoisotopic (exact) mass is 432 g/mol. The molecule has 2 heterocycles. The molecule has 0 aliphatic heterocycles. The average molecular weight is 433 g/mol. The lowest BCUT2D eigenvalue weighted by Gasteiger charge is -2.22. The van der Waals surface area contributed by atoms with E-state index in [1.165, 1.54) is 17.4 Å². The van der Waals surface area contributed by atoms with E-state index in [2.05, 4.69) is 5.10 Å². The van der Waals surface area contributed by atoms with Crippen LogP contribution in [-0.4, -0.2) is 20.6 Å². The summed E-state index contributed by atoms with van der Waals surface area (Å²) in [6.45, 7) is 2.60. The molecule has 0 radical (unpaired) electrons. The molecule has 0 fully saturated rings. The number of benzene rings is 2. The summed E-state index contributed by atoms with van der Waals surface area (Å²) in [6.07, 6.45) is 0. The molecule has 0 aliphatic carbocycles. The van der Waals surface area contributed by atoms with E-state index >= 15 is 0 Å². The quantitative estimate of drug-likeness (QED) is 0.302. The lowest BCUT2D eigenvalue weighted by molar-refractivity contribution is -0.389. The summed E-state index contributed by atoms with van der Waals surface area (Å²) in [4.78, 5) is 26.2. The number of hydrogen-bond acceptors (Lipinski definition) is 5. The molecule has 2 aromatic carbocycles. The third-order valence-corrected chi connectivity index (χ3v) is 5.82. The van der Waals surface area contributed by atoms with Crippen LogP contribution in [0.25, 0.3) is 0 Å². The molecule has 4 aromatic rings. The van der Waals surface area contributed by atoms with Crippen molar-refractivity contribution in [1.82, 2.24) is 9.78 Å². The zero-order valence-electron chi connectivity index (χ0n) is 16.8. The lowest BCUT2D eigenvalue weighted by atomic mass is 10.2. The molecular weight excluding hydrogens is 412 g/mol. The largest absolute Gasteiger partial charge is 0.390 e. The summed E-state index contributed by atoms with van der Waals surface area (Å²) in [6, 6.07) is 22.7. The van der Waals surface area contributed by atoms with Crippen LogP contribution in [0.1, 0.15) is 26.5 Å². The van der Waals surface area contributed by atoms with E-state index in [0.29, 0.717) is 23.7 Å². The van der Waals surface area contributed by atoms with Gasteiger partial charge in [-0.25, -0.2) is 0 Å². The summed E-state index contributed by atoms with van der Waals surface area (Å²) in [5, 5.41) is 16.9. The van der Waals surface area contributed by atoms with Crippen LogP contribution in [0, 0.1) is 17.0 Å². The van der Waals surface area contributed by atoms with Crippen LogP contribution in [0.3, 0.4) is 0 Å². The van der Waals surface area contributed by atoms with Crippen molar-refractivity contribution in [2.75, 3.05) is 4.90 Å². The number of nitro groups is 1. The van der Waals surface area contributed by atoms with Gasteiger partial charge in [-0.3, -0.25) is 4.79 Å². The van der Waals surface area contributed by atoms with E-state index in [0.717, 1.165) is 16.8 Å². The first-order valence-corrected chi connectivity index (χ1v) is 10.6. The van der Waals surface area contributed by atoms with E-state index in [1.807, 2.05) is 72.1 Å². The Morgan fingerprint density at radius 3 is 2.39 bits per heavy atom. The molecule has 156 valence electrons. The average Bonchev–Trinajstić information content (AvgIpc) is 3.40. The van der Waals surface area contributed by atoms with Crippen molar-refractivity contribution in [3.05, 3.63) is 110 Å². The summed E-state index contributed by atoms with van der Waals surface area (Å²) in [7, 11) is 0. The van der Waals surface area contributed by atoms with Gasteiger partial charge in [0, 0.05) is 5.69 Å². The zero-order valence-corrected chi connectivity index (χ0v) is 17.7. The van der Waals surface area contributed by atoms with Crippen molar-refractivity contribution in [1.29, 1.82) is 0 Å². The minimum Gasteiger partial charge on any atom is -0.358 e. The van der Waals surface area contributed by atoms with Gasteiger partial charge in [0.25, 0.3) is 5.91 Å². The summed E-state index contributed by atoms with van der Waals surface area (Å²) < 4.78 is 1.58. The van der Waals surface area contributed by atoms with E-state index < -0.39 is 4.92 Å². The van der Waals surface area contributed by atoms with Gasteiger partial charge in [0.05, 0.1) is 34.8 Å². The highest BCUT2D eigenvalue weighted by Crippen LogP contribution is 2.24. The van der Waals surface area contributed by atoms with E-state index in [4.69, 9.17) is 0 Å². The van der Waals surface area contributed by atoms with E-state index in [1.54, 1.807) is 16.5 Å². The number of para-hydroxylation sites is 1. The maximum absolute atomic E-state index is 13.4. The number of rotatable bonds is 7. The van der Waals surface area contributed by atoms with Crippen LogP contribution in [-0.2, 0) is 13.1 Å². The number of hydrogen-bond donors (Lipinski definition) is 0. The summed E-state index contributed by atoms with van der Waals surface area (Å²) in [5.41, 5.74) is 3.43. The fourth-order valence-corrected chi connectivity index (χ4v) is 4.12. The molecule has 0 bridgehead atoms. The van der Waals surface area contributed by atoms with Crippen LogP contribution in [0.5, 0.6) is 0 Å². The molecular formula is C23H20N4O3S. The van der Waals surface area contributed by atoms with Crippen molar-refractivity contribution in [3.63, 3.8) is 0 Å². The maximum atomic E-state index is 13.4. The molecule has 8 heteroatoms. The number of carbonyl (C=O) groups is 1. The fourth-order valence-electron chi connectivity index (χ4n) is 3.27. The van der Waals surface area contributed by atoms with Gasteiger partial charge in [0.2, 0.25) is 0 Å². The minimum absolute atomic E-state index is 0.0885. The maximum Gasteiger partial charge on any atom is 0.390 e. The highest BCUT2D eigenvalue weighted by molar-refractivity contribution is 7.12. The topological polar surface area (TPSA) is 81.3 Å². The molecule has 7 nitrogen and oxygen atoms in total. The third kappa shape index (κ3) is 4.70. The Morgan fingerprint density at radius 1 is 1.06 bits per heavy atom. The highest BCUT2D eigenvalue weighted by Gasteiger charge is 2.21. The molecule has 31 heavy (non-hydrogen) atoms. The van der Waals surface area contributed by atoms with Crippen LogP contribution < -0.4 is 4.90 Å². The minimum atomic E-state index is -0.507. The predicted octanol–water partition coefficient (Wildman–Crippen LogP) is 5.06. The molecule has 0 saturated carbocycles. The van der Waals surface area contributed by atoms with Gasteiger partial charge in [-0.05, 0) is 46.6 Å². The first-order chi connectivity index (χ1) is 15.0. The molecule has 2 aromatic heterocycles. The molecule has 0 N–H and O–H groups in total. The van der Waals surface area contributed by atoms with Crippen molar-refractivity contribution in [3.8, 4) is 0 Å². The molecule has 0 spiro atoms. The smallest absolute Gasteiger partial charge is 0.358 e. The molecule has 0 atom stereocenters. The standard InChI is InChI=1S/C23H20N4O3S/c1-17-12-22(27(29)30)24-26(17)15-19-13-21(31-16-19)23(28)25(20-10-6-3-7-11-20)14-18-8-4-2-5-9-18/h2-13,16H,14-15H2,1H3. The van der Waals surface area contributed by atoms with Crippen molar-refractivity contribution >= 4 is 28.7 Å². The molecule has 0 aliphatic rings. The Hall–Kier alpha value is -3.78. The van der Waals surface area contributed by atoms with Crippen LogP contribution in [0.4, 0.5) is 11.5 Å². The Labute approximate surface area is 183 Å². The lowest BCUT2D eigenvalue weighted by Crippen LogP contribution is -2.29. The van der Waals surface area contributed by atoms with Crippen LogP contribution >= 0.6 is 11.3 Å². The zero-order chi connectivity index (χ0) is 21.8. The van der Waals surface area contributed by atoms with Gasteiger partial charge in [-0.2, -0.15) is 4.68 Å². The van der Waals surface area contributed by atoms with Gasteiger partial charge in [-0.1, -0.05) is 48.5 Å². The Balaban J connectivity index is 1.58. The molecule has 0 unspecified atom stereocenters. The third-order valence-electron chi connectivity index (χ3n) is 4.85. The second-order valence-electron chi connectivity index (χ2n) is 7.09. The van der Waals surface area contributed by atoms with E-state index in [9.17, 15) is 14.9 Å². The van der Waals surface area contributed by atoms with Gasteiger partial charge < -0.3 is 15.0 Å². The second kappa shape index (κ2) is 8.93. The first-order valence-electron chi connectivity index (χ1n) is 9.68. The van der Waals surface area contributed by atoms with Gasteiger partial charge in [0.15, 0.2) is 0 Å². The number of thiophene rings is 1. The number of carbonyl (C=O) groups excluding carboxylic acids is 1. The number of amides is 1. The Kier molecular flexibility index (Phi) is 5.90. The first kappa shape index (κ1) is 20.5. The normalized spacial score (nSPS) is 10.7. The van der Waals surface area contributed by atoms with Gasteiger partial charge >= 0.3 is 5.82 Å². The number of nitrogens with zero attached hydrogens (tertiary/aromatic N) is 4. The summed E-state index contributed by atoms with van der Waals surface area (Å²) >= 11 is 1.36. The predicted molar refractivity (Wildman–Crippen MR) is 120 cm³/mol. The van der Waals surface area contributed by atoms with Crippen molar-refractivity contribution < 1.29 is 9.72 Å². The Morgan fingerprint density at radius 2 is 1.74 bits per heavy atom. The van der Waals surface area contributed by atoms with Crippen molar-refractivity contribution in [2.45, 2.75) is 20.0 Å². The van der Waals surface area contributed by atoms with E-state index in [-0.39, 0.29) is 11.7 Å². The second-order valence-corrected chi connectivity index (χ2v) is 8.00. The molecule has 0 saturated heterocycles. The number of aromatic nitrogens is 2.